The van der Waals surface area contributed by atoms with Crippen LogP contribution in [0.2, 0.25) is 0 Å². The zero-order chi connectivity index (χ0) is 16.0. The Labute approximate surface area is 134 Å². The van der Waals surface area contributed by atoms with Gasteiger partial charge in [-0.1, -0.05) is 36.4 Å². The van der Waals surface area contributed by atoms with Crippen LogP contribution in [-0.2, 0) is 9.84 Å². The van der Waals surface area contributed by atoms with Gasteiger partial charge in [0.15, 0.2) is 9.84 Å². The van der Waals surface area contributed by atoms with Gasteiger partial charge in [0.25, 0.3) is 0 Å². The Kier molecular flexibility index (Phi) is 3.03. The Morgan fingerprint density at radius 1 is 0.739 bits per heavy atom. The van der Waals surface area contributed by atoms with Crippen molar-refractivity contribution in [3.63, 3.8) is 0 Å². The molecule has 4 aromatic rings. The molecule has 0 amide bonds. The summed E-state index contributed by atoms with van der Waals surface area (Å²) >= 11 is 0. The van der Waals surface area contributed by atoms with Crippen LogP contribution in [0.5, 0.6) is 0 Å². The van der Waals surface area contributed by atoms with Gasteiger partial charge in [-0.25, -0.2) is 8.42 Å². The summed E-state index contributed by atoms with van der Waals surface area (Å²) in [7, 11) is -3.17. The summed E-state index contributed by atoms with van der Waals surface area (Å²) in [5.41, 5.74) is 3.65. The van der Waals surface area contributed by atoms with Crippen molar-refractivity contribution >= 4 is 31.8 Å². The van der Waals surface area contributed by atoms with Crippen molar-refractivity contribution in [3.05, 3.63) is 66.7 Å². The van der Waals surface area contributed by atoms with Crippen LogP contribution < -0.4 is 0 Å². The van der Waals surface area contributed by atoms with Crippen LogP contribution in [0.3, 0.4) is 0 Å². The normalized spacial score (nSPS) is 12.0. The van der Waals surface area contributed by atoms with Crippen molar-refractivity contribution in [2.45, 2.75) is 4.90 Å². The van der Waals surface area contributed by atoms with Gasteiger partial charge in [-0.2, -0.15) is 0 Å². The van der Waals surface area contributed by atoms with E-state index in [-0.39, 0.29) is 0 Å². The summed E-state index contributed by atoms with van der Waals surface area (Å²) in [6.45, 7) is 0. The molecule has 3 aromatic carbocycles. The minimum absolute atomic E-state index is 0.325. The largest absolute Gasteiger partial charge is 0.456 e. The SMILES string of the molecule is CS(=O)(=O)c1ccc(-c2ccc3c(c2)oc2ccccc23)cc1. The lowest BCUT2D eigenvalue weighted by Gasteiger charge is -2.03. The molecule has 4 heteroatoms. The van der Waals surface area contributed by atoms with E-state index < -0.39 is 9.84 Å². The summed E-state index contributed by atoms with van der Waals surface area (Å²) in [5, 5.41) is 2.18. The van der Waals surface area contributed by atoms with Crippen molar-refractivity contribution in [2.75, 3.05) is 6.26 Å². The quantitative estimate of drug-likeness (QED) is 0.539. The lowest BCUT2D eigenvalue weighted by molar-refractivity contribution is 0.602. The molecule has 0 N–H and O–H groups in total. The number of benzene rings is 3. The van der Waals surface area contributed by atoms with Gasteiger partial charge in [-0.05, 0) is 41.5 Å². The first-order valence-corrected chi connectivity index (χ1v) is 9.13. The van der Waals surface area contributed by atoms with Crippen molar-refractivity contribution in [3.8, 4) is 11.1 Å². The van der Waals surface area contributed by atoms with E-state index in [2.05, 4.69) is 0 Å². The molecule has 0 bridgehead atoms. The fraction of sp³-hybridized carbons (Fsp3) is 0.0526. The van der Waals surface area contributed by atoms with Gasteiger partial charge >= 0.3 is 0 Å². The van der Waals surface area contributed by atoms with Gasteiger partial charge < -0.3 is 4.42 Å². The molecule has 1 aromatic heterocycles. The van der Waals surface area contributed by atoms with E-state index in [0.717, 1.165) is 33.1 Å². The van der Waals surface area contributed by atoms with Gasteiger partial charge in [-0.15, -0.1) is 0 Å². The van der Waals surface area contributed by atoms with Crippen LogP contribution in [0.4, 0.5) is 0 Å². The molecular weight excluding hydrogens is 308 g/mol. The third kappa shape index (κ3) is 2.41. The van der Waals surface area contributed by atoms with Crippen molar-refractivity contribution in [2.24, 2.45) is 0 Å². The number of hydrogen-bond acceptors (Lipinski definition) is 3. The third-order valence-electron chi connectivity index (χ3n) is 3.99. The van der Waals surface area contributed by atoms with E-state index in [4.69, 9.17) is 4.42 Å². The van der Waals surface area contributed by atoms with Crippen LogP contribution in [0, 0.1) is 0 Å². The lowest BCUT2D eigenvalue weighted by atomic mass is 10.0. The molecule has 0 radical (unpaired) electrons. The molecule has 0 aliphatic heterocycles. The van der Waals surface area contributed by atoms with Gasteiger partial charge in [-0.3, -0.25) is 0 Å². The molecule has 1 heterocycles. The first-order valence-electron chi connectivity index (χ1n) is 7.24. The molecule has 0 aliphatic rings. The lowest BCUT2D eigenvalue weighted by Crippen LogP contribution is -1.96. The molecule has 0 saturated heterocycles. The molecule has 114 valence electrons. The van der Waals surface area contributed by atoms with Crippen molar-refractivity contribution < 1.29 is 12.8 Å². The Hall–Kier alpha value is -2.59. The second-order valence-electron chi connectivity index (χ2n) is 5.61. The highest BCUT2D eigenvalue weighted by Gasteiger charge is 2.09. The Bertz CT molecular complexity index is 1120. The molecule has 4 rings (SSSR count). The summed E-state index contributed by atoms with van der Waals surface area (Å²) in [4.78, 5) is 0.325. The highest BCUT2D eigenvalue weighted by Crippen LogP contribution is 2.32. The Morgan fingerprint density at radius 3 is 2.13 bits per heavy atom. The molecule has 3 nitrogen and oxygen atoms in total. The van der Waals surface area contributed by atoms with Crippen LogP contribution in [0.15, 0.2) is 76.0 Å². The first kappa shape index (κ1) is 14.0. The molecule has 0 aliphatic carbocycles. The summed E-state index contributed by atoms with van der Waals surface area (Å²) in [6, 6.07) is 20.9. The number of para-hydroxylation sites is 1. The maximum absolute atomic E-state index is 11.5. The second-order valence-corrected chi connectivity index (χ2v) is 7.62. The van der Waals surface area contributed by atoms with Gasteiger partial charge in [0.1, 0.15) is 11.2 Å². The summed E-state index contributed by atoms with van der Waals surface area (Å²) in [5.74, 6) is 0. The van der Waals surface area contributed by atoms with E-state index in [1.807, 2.05) is 54.6 Å². The average Bonchev–Trinajstić information content (AvgIpc) is 2.92. The van der Waals surface area contributed by atoms with Crippen LogP contribution in [0.25, 0.3) is 33.1 Å². The third-order valence-corrected chi connectivity index (χ3v) is 5.12. The fourth-order valence-corrected chi connectivity index (χ4v) is 3.43. The standard InChI is InChI=1S/C19H14O3S/c1-23(20,21)15-9-6-13(7-10-15)14-8-11-17-16-4-2-3-5-18(16)22-19(17)12-14/h2-12H,1H3. The predicted molar refractivity (Wildman–Crippen MR) is 92.3 cm³/mol. The molecule has 0 atom stereocenters. The topological polar surface area (TPSA) is 47.3 Å². The van der Waals surface area contributed by atoms with Gasteiger partial charge in [0, 0.05) is 17.0 Å². The van der Waals surface area contributed by atoms with Crippen molar-refractivity contribution in [1.29, 1.82) is 0 Å². The number of fused-ring (bicyclic) bond motifs is 3. The van der Waals surface area contributed by atoms with E-state index in [1.165, 1.54) is 6.26 Å². The highest BCUT2D eigenvalue weighted by atomic mass is 32.2. The maximum atomic E-state index is 11.5. The zero-order valence-corrected chi connectivity index (χ0v) is 13.3. The van der Waals surface area contributed by atoms with E-state index in [9.17, 15) is 8.42 Å². The zero-order valence-electron chi connectivity index (χ0n) is 12.5. The Morgan fingerprint density at radius 2 is 1.39 bits per heavy atom. The van der Waals surface area contributed by atoms with E-state index in [0.29, 0.717) is 4.90 Å². The smallest absolute Gasteiger partial charge is 0.175 e. The minimum Gasteiger partial charge on any atom is -0.456 e. The minimum atomic E-state index is -3.17. The molecule has 0 fully saturated rings. The first-order chi connectivity index (χ1) is 11.0. The van der Waals surface area contributed by atoms with Crippen LogP contribution >= 0.6 is 0 Å². The Balaban J connectivity index is 1.84. The summed E-state index contributed by atoms with van der Waals surface area (Å²) < 4.78 is 29.0. The maximum Gasteiger partial charge on any atom is 0.175 e. The van der Waals surface area contributed by atoms with Gasteiger partial charge in [0.2, 0.25) is 0 Å². The average molecular weight is 322 g/mol. The van der Waals surface area contributed by atoms with Gasteiger partial charge in [0.05, 0.1) is 4.90 Å². The number of hydrogen-bond donors (Lipinski definition) is 0. The van der Waals surface area contributed by atoms with Crippen LogP contribution in [0.1, 0.15) is 0 Å². The van der Waals surface area contributed by atoms with E-state index in [1.54, 1.807) is 12.1 Å². The number of furan rings is 1. The molecule has 0 spiro atoms. The predicted octanol–water partition coefficient (Wildman–Crippen LogP) is 4.66. The fourth-order valence-electron chi connectivity index (χ4n) is 2.80. The number of sulfone groups is 1. The highest BCUT2D eigenvalue weighted by molar-refractivity contribution is 7.90. The van der Waals surface area contributed by atoms with E-state index >= 15 is 0 Å². The molecule has 0 saturated carbocycles. The summed E-state index contributed by atoms with van der Waals surface area (Å²) in [6.07, 6.45) is 1.21. The number of rotatable bonds is 2. The van der Waals surface area contributed by atoms with Crippen molar-refractivity contribution in [1.82, 2.24) is 0 Å². The second kappa shape index (κ2) is 4.96. The van der Waals surface area contributed by atoms with Crippen LogP contribution in [-0.4, -0.2) is 14.7 Å². The molecule has 0 unspecified atom stereocenters. The monoisotopic (exact) mass is 322 g/mol. The molecular formula is C19H14O3S. The molecule has 23 heavy (non-hydrogen) atoms.